The van der Waals surface area contributed by atoms with Crippen molar-refractivity contribution in [2.24, 2.45) is 5.41 Å². The molecule has 246 valence electrons. The molecule has 1 aliphatic carbocycles. The van der Waals surface area contributed by atoms with Crippen molar-refractivity contribution in [1.82, 2.24) is 25.0 Å². The molecule has 5 aromatic rings. The summed E-state index contributed by atoms with van der Waals surface area (Å²) in [6.45, 7) is 1.51. The Hall–Kier alpha value is -5.57. The minimum atomic E-state index is -4.54. The summed E-state index contributed by atoms with van der Waals surface area (Å²) in [5.74, 6) is 0.358. The van der Waals surface area contributed by atoms with Crippen molar-refractivity contribution < 1.29 is 26.7 Å². The van der Waals surface area contributed by atoms with Crippen molar-refractivity contribution in [2.45, 2.75) is 50.9 Å². The average molecular weight is 662 g/mol. The number of nitrogens with one attached hydrogen (secondary N) is 2. The van der Waals surface area contributed by atoms with Gasteiger partial charge in [-0.3, -0.25) is 4.98 Å². The number of methoxy groups -OCH3 is 1. The lowest BCUT2D eigenvalue weighted by molar-refractivity contribution is -0.206. The number of aromatic nitrogens is 5. The molecule has 0 saturated heterocycles. The van der Waals surface area contributed by atoms with E-state index in [4.69, 9.17) is 4.74 Å². The molecule has 1 atom stereocenters. The number of hydrogen-bond donors (Lipinski definition) is 2. The van der Waals surface area contributed by atoms with Crippen LogP contribution in [0.2, 0.25) is 0 Å². The molecule has 6 rings (SSSR count). The second-order valence-electron chi connectivity index (χ2n) is 12.3. The maximum Gasteiger partial charge on any atom is 0.395 e. The molecule has 10 nitrogen and oxygen atoms in total. The number of anilines is 2. The summed E-state index contributed by atoms with van der Waals surface area (Å²) in [6, 6.07) is 13.5. The fourth-order valence-electron chi connectivity index (χ4n) is 5.55. The zero-order chi connectivity index (χ0) is 34.4. The van der Waals surface area contributed by atoms with Gasteiger partial charge in [0.2, 0.25) is 5.88 Å². The molecule has 48 heavy (non-hydrogen) atoms. The minimum Gasteiger partial charge on any atom is -0.481 e. The Bertz CT molecular complexity index is 2110. The van der Waals surface area contributed by atoms with Crippen molar-refractivity contribution in [2.75, 3.05) is 24.3 Å². The van der Waals surface area contributed by atoms with E-state index in [9.17, 15) is 32.5 Å². The lowest BCUT2D eigenvalue weighted by atomic mass is 9.92. The summed E-state index contributed by atoms with van der Waals surface area (Å²) in [5, 5.41) is 36.0. The Morgan fingerprint density at radius 3 is 2.42 bits per heavy atom. The van der Waals surface area contributed by atoms with Gasteiger partial charge in [-0.15, -0.1) is 5.10 Å². The third kappa shape index (κ3) is 5.55. The van der Waals surface area contributed by atoms with Crippen LogP contribution in [0.4, 0.5) is 33.3 Å². The maximum atomic E-state index is 14.0. The molecular weight excluding hydrogens is 633 g/mol. The minimum absolute atomic E-state index is 0.0172. The Morgan fingerprint density at radius 1 is 1.02 bits per heavy atom. The molecule has 0 radical (unpaired) electrons. The van der Waals surface area contributed by atoms with Gasteiger partial charge in [0, 0.05) is 35.4 Å². The zero-order valence-electron chi connectivity index (χ0n) is 25.9. The second-order valence-corrected chi connectivity index (χ2v) is 12.3. The number of pyridine rings is 2. The van der Waals surface area contributed by atoms with Crippen molar-refractivity contribution in [1.29, 1.82) is 10.5 Å². The van der Waals surface area contributed by atoms with E-state index in [1.165, 1.54) is 30.3 Å². The molecule has 1 saturated carbocycles. The molecule has 0 unspecified atom stereocenters. The first-order valence-corrected chi connectivity index (χ1v) is 14.8. The van der Waals surface area contributed by atoms with Gasteiger partial charge in [0.1, 0.15) is 23.4 Å². The summed E-state index contributed by atoms with van der Waals surface area (Å²) in [6.07, 6.45) is -2.47. The number of halogens is 5. The van der Waals surface area contributed by atoms with Crippen LogP contribution in [0, 0.1) is 28.1 Å². The van der Waals surface area contributed by atoms with Gasteiger partial charge in [-0.25, -0.2) is 18.4 Å². The van der Waals surface area contributed by atoms with Gasteiger partial charge in [0.05, 0.1) is 47.1 Å². The van der Waals surface area contributed by atoms with Gasteiger partial charge in [-0.05, 0) is 61.9 Å². The van der Waals surface area contributed by atoms with Crippen LogP contribution in [0.15, 0.2) is 55.0 Å². The van der Waals surface area contributed by atoms with Crippen molar-refractivity contribution in [3.63, 3.8) is 0 Å². The van der Waals surface area contributed by atoms with Crippen LogP contribution < -0.4 is 15.4 Å². The van der Waals surface area contributed by atoms with E-state index in [-0.39, 0.29) is 46.3 Å². The van der Waals surface area contributed by atoms with Crippen molar-refractivity contribution in [3.8, 4) is 18.0 Å². The first kappa shape index (κ1) is 32.4. The number of nitrogens with zero attached hydrogens (tertiary/aromatic N) is 7. The van der Waals surface area contributed by atoms with Gasteiger partial charge in [-0.1, -0.05) is 17.3 Å². The fourth-order valence-corrected chi connectivity index (χ4v) is 5.55. The smallest absolute Gasteiger partial charge is 0.395 e. The van der Waals surface area contributed by atoms with E-state index in [0.29, 0.717) is 27.9 Å². The summed E-state index contributed by atoms with van der Waals surface area (Å²) < 4.78 is 75.8. The van der Waals surface area contributed by atoms with Crippen LogP contribution >= 0.6 is 0 Å². The van der Waals surface area contributed by atoms with E-state index in [2.05, 4.69) is 37.0 Å². The van der Waals surface area contributed by atoms with Gasteiger partial charge in [0.15, 0.2) is 0 Å². The zero-order valence-corrected chi connectivity index (χ0v) is 25.9. The fraction of sp³-hybridized carbons (Fsp3) is 0.333. The maximum absolute atomic E-state index is 14.0. The predicted molar refractivity (Wildman–Crippen MR) is 166 cm³/mol. The third-order valence-corrected chi connectivity index (χ3v) is 8.74. The van der Waals surface area contributed by atoms with Crippen LogP contribution in [0.1, 0.15) is 55.1 Å². The van der Waals surface area contributed by atoms with E-state index in [1.54, 1.807) is 24.4 Å². The number of nitriles is 2. The molecule has 2 aromatic carbocycles. The SMILES string of the molecule is COc1nccc2c([C@H](Nc3cc(C#N)c4ncc(C#N)c(NCC(C)(C)C(F)(F)F)c4c3)c3cn(C4(C(F)F)CC4)nn3)cccc12. The van der Waals surface area contributed by atoms with Crippen LogP contribution in [0.3, 0.4) is 0 Å². The molecule has 15 heteroatoms. The van der Waals surface area contributed by atoms with E-state index in [1.807, 2.05) is 18.2 Å². The first-order valence-electron chi connectivity index (χ1n) is 14.8. The molecule has 3 heterocycles. The molecule has 3 aromatic heterocycles. The normalized spacial score (nSPS) is 14.8. The lowest BCUT2D eigenvalue weighted by Crippen LogP contribution is -2.38. The van der Waals surface area contributed by atoms with Gasteiger partial charge < -0.3 is 15.4 Å². The average Bonchev–Trinajstić information content (AvgIpc) is 3.74. The van der Waals surface area contributed by atoms with E-state index in [0.717, 1.165) is 13.8 Å². The Kier molecular flexibility index (Phi) is 8.03. The highest BCUT2D eigenvalue weighted by Crippen LogP contribution is 2.48. The standard InChI is InChI=1S/C33H28F5N9O/c1-31(2,33(36,37)38)17-43-27-19(14-40)15-42-26-18(13-39)11-20(12-24(26)27)44-28(25-16-47(46-45-25)32(8-9-32)30(34)35)22-5-4-6-23-21(22)7-10-41-29(23)48-3/h4-7,10-12,15-16,28,30,44H,8-9,17H2,1-3H3,(H,42,43)/t28-/m0/s1. The Morgan fingerprint density at radius 2 is 1.77 bits per heavy atom. The van der Waals surface area contributed by atoms with E-state index < -0.39 is 36.1 Å². The molecule has 0 spiro atoms. The van der Waals surface area contributed by atoms with Crippen LogP contribution in [0.25, 0.3) is 21.7 Å². The highest BCUT2D eigenvalue weighted by Gasteiger charge is 2.54. The highest BCUT2D eigenvalue weighted by atomic mass is 19.4. The molecular formula is C33H28F5N9O. The number of alkyl halides is 5. The highest BCUT2D eigenvalue weighted by molar-refractivity contribution is 5.99. The molecule has 1 aliphatic rings. The summed E-state index contributed by atoms with van der Waals surface area (Å²) >= 11 is 0. The molecule has 2 N–H and O–H groups in total. The lowest BCUT2D eigenvalue weighted by Gasteiger charge is -2.28. The van der Waals surface area contributed by atoms with Crippen LogP contribution in [-0.4, -0.2) is 51.2 Å². The number of rotatable bonds is 10. The predicted octanol–water partition coefficient (Wildman–Crippen LogP) is 7.08. The van der Waals surface area contributed by atoms with Gasteiger partial charge >= 0.3 is 6.18 Å². The van der Waals surface area contributed by atoms with E-state index >= 15 is 0 Å². The first-order chi connectivity index (χ1) is 22.8. The number of ether oxygens (including phenoxy) is 1. The van der Waals surface area contributed by atoms with Crippen LogP contribution in [0.5, 0.6) is 5.88 Å². The third-order valence-electron chi connectivity index (χ3n) is 8.74. The van der Waals surface area contributed by atoms with Gasteiger partial charge in [-0.2, -0.15) is 23.7 Å². The Balaban J connectivity index is 1.51. The second kappa shape index (κ2) is 11.9. The van der Waals surface area contributed by atoms with Crippen molar-refractivity contribution >= 4 is 33.1 Å². The quantitative estimate of drug-likeness (QED) is 0.150. The molecule has 0 amide bonds. The summed E-state index contributed by atoms with van der Waals surface area (Å²) in [7, 11) is 1.48. The number of hydrogen-bond acceptors (Lipinski definition) is 9. The molecule has 1 fully saturated rings. The number of fused-ring (bicyclic) bond motifs is 2. The summed E-state index contributed by atoms with van der Waals surface area (Å²) in [4.78, 5) is 8.55. The van der Waals surface area contributed by atoms with Gasteiger partial charge in [0.25, 0.3) is 6.43 Å². The molecule has 0 aliphatic heterocycles. The Labute approximate surface area is 271 Å². The van der Waals surface area contributed by atoms with Crippen molar-refractivity contribution in [3.05, 3.63) is 77.4 Å². The van der Waals surface area contributed by atoms with Crippen LogP contribution in [-0.2, 0) is 5.54 Å². The monoisotopic (exact) mass is 661 g/mol. The topological polar surface area (TPSA) is 137 Å². The number of benzene rings is 2. The molecule has 0 bridgehead atoms. The summed E-state index contributed by atoms with van der Waals surface area (Å²) in [5.41, 5.74) is -2.02. The largest absolute Gasteiger partial charge is 0.481 e.